The number of amides is 1. The Kier molecular flexibility index (Phi) is 4.22. The molecular weight excluding hydrogens is 354 g/mol. The van der Waals surface area contributed by atoms with Gasteiger partial charge in [-0.2, -0.15) is 5.10 Å². The highest BCUT2D eigenvalue weighted by Gasteiger charge is 2.18. The van der Waals surface area contributed by atoms with Crippen molar-refractivity contribution in [1.82, 2.24) is 25.1 Å². The molecule has 1 aromatic carbocycles. The van der Waals surface area contributed by atoms with Crippen molar-refractivity contribution in [3.05, 3.63) is 68.8 Å². The van der Waals surface area contributed by atoms with Crippen LogP contribution in [0.15, 0.2) is 35.1 Å². The highest BCUT2D eigenvalue weighted by Crippen LogP contribution is 2.21. The van der Waals surface area contributed by atoms with Gasteiger partial charge in [0.25, 0.3) is 11.5 Å². The van der Waals surface area contributed by atoms with Crippen LogP contribution in [0.2, 0.25) is 0 Å². The number of benzene rings is 1. The van der Waals surface area contributed by atoms with E-state index in [1.807, 2.05) is 45.0 Å². The molecule has 7 heteroatoms. The third-order valence-corrected chi connectivity index (χ3v) is 4.86. The minimum absolute atomic E-state index is 0.139. The zero-order valence-corrected chi connectivity index (χ0v) is 16.3. The normalized spacial score (nSPS) is 11.3. The molecule has 3 aromatic heterocycles. The van der Waals surface area contributed by atoms with Crippen LogP contribution in [0.25, 0.3) is 21.9 Å². The molecule has 0 aliphatic carbocycles. The van der Waals surface area contributed by atoms with Crippen LogP contribution in [0.5, 0.6) is 0 Å². The van der Waals surface area contributed by atoms with E-state index in [2.05, 4.69) is 20.4 Å². The van der Waals surface area contributed by atoms with E-state index in [9.17, 15) is 9.59 Å². The van der Waals surface area contributed by atoms with Gasteiger partial charge in [-0.15, -0.1) is 0 Å². The number of aromatic nitrogens is 4. The number of hydrogen-bond acceptors (Lipinski definition) is 4. The van der Waals surface area contributed by atoms with Crippen LogP contribution in [0.4, 0.5) is 0 Å². The third-order valence-electron chi connectivity index (χ3n) is 4.86. The number of H-pyrrole nitrogens is 1. The van der Waals surface area contributed by atoms with Crippen LogP contribution in [0.1, 0.15) is 32.9 Å². The molecule has 0 fully saturated rings. The molecule has 7 nitrogen and oxygen atoms in total. The van der Waals surface area contributed by atoms with Crippen molar-refractivity contribution >= 4 is 27.8 Å². The molecule has 0 bridgehead atoms. The fourth-order valence-electron chi connectivity index (χ4n) is 3.51. The Morgan fingerprint density at radius 1 is 1.18 bits per heavy atom. The lowest BCUT2D eigenvalue weighted by Crippen LogP contribution is -2.27. The molecule has 3 heterocycles. The molecule has 4 rings (SSSR count). The second-order valence-electron chi connectivity index (χ2n) is 7.12. The summed E-state index contributed by atoms with van der Waals surface area (Å²) in [4.78, 5) is 32.6. The SMILES string of the molecule is Cc1ccc2cc(CNC(=O)c3cc(C)nc4c3c(C)nn4C)c(=O)[nH]c2c1. The lowest BCUT2D eigenvalue weighted by Gasteiger charge is -2.09. The predicted molar refractivity (Wildman–Crippen MR) is 108 cm³/mol. The quantitative estimate of drug-likeness (QED) is 0.576. The zero-order chi connectivity index (χ0) is 20.0. The highest BCUT2D eigenvalue weighted by atomic mass is 16.1. The standard InChI is InChI=1S/C21H21N5O2/c1-11-5-6-14-9-15(20(27)24-17(14)7-11)10-22-21(28)16-8-12(2)23-19-18(16)13(3)25-26(19)4/h5-9H,10H2,1-4H3,(H,22,28)(H,24,27). The summed E-state index contributed by atoms with van der Waals surface area (Å²) < 4.78 is 1.67. The van der Waals surface area contributed by atoms with Gasteiger partial charge in [0, 0.05) is 30.4 Å². The topological polar surface area (TPSA) is 92.7 Å². The van der Waals surface area contributed by atoms with Gasteiger partial charge in [0.05, 0.1) is 16.6 Å². The summed E-state index contributed by atoms with van der Waals surface area (Å²) >= 11 is 0. The number of hydrogen-bond donors (Lipinski definition) is 2. The van der Waals surface area contributed by atoms with Crippen LogP contribution >= 0.6 is 0 Å². The summed E-state index contributed by atoms with van der Waals surface area (Å²) in [5, 5.41) is 8.89. The van der Waals surface area contributed by atoms with Crippen LogP contribution in [0, 0.1) is 20.8 Å². The first-order valence-corrected chi connectivity index (χ1v) is 9.05. The van der Waals surface area contributed by atoms with E-state index in [0.29, 0.717) is 16.8 Å². The number of aryl methyl sites for hydroxylation is 4. The molecular formula is C21H21N5O2. The van der Waals surface area contributed by atoms with Crippen molar-refractivity contribution in [2.75, 3.05) is 0 Å². The average Bonchev–Trinajstić information content (AvgIpc) is 2.92. The van der Waals surface area contributed by atoms with Crippen molar-refractivity contribution in [3.8, 4) is 0 Å². The highest BCUT2D eigenvalue weighted by molar-refractivity contribution is 6.06. The molecule has 0 atom stereocenters. The lowest BCUT2D eigenvalue weighted by atomic mass is 10.1. The van der Waals surface area contributed by atoms with E-state index in [4.69, 9.17) is 0 Å². The second-order valence-corrected chi connectivity index (χ2v) is 7.12. The fraction of sp³-hybridized carbons (Fsp3) is 0.238. The Hall–Kier alpha value is -3.48. The Bertz CT molecular complexity index is 1300. The molecule has 0 saturated heterocycles. The first-order valence-electron chi connectivity index (χ1n) is 9.05. The number of pyridine rings is 2. The smallest absolute Gasteiger partial charge is 0.253 e. The van der Waals surface area contributed by atoms with Crippen LogP contribution in [-0.2, 0) is 13.6 Å². The van der Waals surface area contributed by atoms with E-state index in [0.717, 1.165) is 33.2 Å². The molecule has 1 amide bonds. The van der Waals surface area contributed by atoms with Gasteiger partial charge < -0.3 is 10.3 Å². The number of aromatic amines is 1. The number of rotatable bonds is 3. The number of nitrogens with one attached hydrogen (secondary N) is 2. The number of carbonyl (C=O) groups is 1. The molecule has 0 saturated carbocycles. The van der Waals surface area contributed by atoms with Crippen molar-refractivity contribution in [3.63, 3.8) is 0 Å². The van der Waals surface area contributed by atoms with Gasteiger partial charge >= 0.3 is 0 Å². The van der Waals surface area contributed by atoms with Gasteiger partial charge in [-0.25, -0.2) is 4.98 Å². The Balaban J connectivity index is 1.66. The largest absolute Gasteiger partial charge is 0.348 e. The molecule has 4 aromatic rings. The second kappa shape index (κ2) is 6.60. The predicted octanol–water partition coefficient (Wildman–Crippen LogP) is 2.67. The van der Waals surface area contributed by atoms with Crippen LogP contribution in [0.3, 0.4) is 0 Å². The van der Waals surface area contributed by atoms with Crippen LogP contribution < -0.4 is 10.9 Å². The fourth-order valence-corrected chi connectivity index (χ4v) is 3.51. The minimum atomic E-state index is -0.255. The number of carbonyl (C=O) groups excluding carboxylic acids is 1. The monoisotopic (exact) mass is 375 g/mol. The average molecular weight is 375 g/mol. The summed E-state index contributed by atoms with van der Waals surface area (Å²) in [5.74, 6) is -0.255. The van der Waals surface area contributed by atoms with E-state index in [-0.39, 0.29) is 18.0 Å². The minimum Gasteiger partial charge on any atom is -0.348 e. The molecule has 28 heavy (non-hydrogen) atoms. The van der Waals surface area contributed by atoms with Gasteiger partial charge in [0.2, 0.25) is 0 Å². The summed E-state index contributed by atoms with van der Waals surface area (Å²) in [6.45, 7) is 5.81. The maximum atomic E-state index is 12.9. The van der Waals surface area contributed by atoms with Gasteiger partial charge in [-0.05, 0) is 49.9 Å². The maximum Gasteiger partial charge on any atom is 0.253 e. The molecule has 0 radical (unpaired) electrons. The maximum absolute atomic E-state index is 12.9. The van der Waals surface area contributed by atoms with E-state index >= 15 is 0 Å². The van der Waals surface area contributed by atoms with E-state index < -0.39 is 0 Å². The van der Waals surface area contributed by atoms with Gasteiger partial charge in [0.15, 0.2) is 5.65 Å². The Labute approximate surface area is 161 Å². The Morgan fingerprint density at radius 2 is 1.96 bits per heavy atom. The van der Waals surface area contributed by atoms with E-state index in [1.165, 1.54) is 0 Å². The first-order chi connectivity index (χ1) is 13.3. The molecule has 0 aliphatic rings. The van der Waals surface area contributed by atoms with Gasteiger partial charge in [-0.1, -0.05) is 12.1 Å². The molecule has 142 valence electrons. The van der Waals surface area contributed by atoms with Gasteiger partial charge in [0.1, 0.15) is 0 Å². The third kappa shape index (κ3) is 3.05. The Morgan fingerprint density at radius 3 is 2.75 bits per heavy atom. The molecule has 0 aliphatic heterocycles. The molecule has 2 N–H and O–H groups in total. The lowest BCUT2D eigenvalue weighted by molar-refractivity contribution is 0.0952. The van der Waals surface area contributed by atoms with Crippen molar-refractivity contribution < 1.29 is 4.79 Å². The van der Waals surface area contributed by atoms with Crippen LogP contribution in [-0.4, -0.2) is 25.7 Å². The van der Waals surface area contributed by atoms with Crippen molar-refractivity contribution in [2.45, 2.75) is 27.3 Å². The number of fused-ring (bicyclic) bond motifs is 2. The first kappa shape index (κ1) is 17.9. The van der Waals surface area contributed by atoms with Crippen molar-refractivity contribution in [2.24, 2.45) is 7.05 Å². The van der Waals surface area contributed by atoms with Gasteiger partial charge in [-0.3, -0.25) is 14.3 Å². The summed E-state index contributed by atoms with van der Waals surface area (Å²) in [6, 6.07) is 9.45. The summed E-state index contributed by atoms with van der Waals surface area (Å²) in [5.41, 5.74) is 4.84. The van der Waals surface area contributed by atoms with E-state index in [1.54, 1.807) is 17.8 Å². The van der Waals surface area contributed by atoms with Crippen molar-refractivity contribution in [1.29, 1.82) is 0 Å². The molecule has 0 spiro atoms. The summed E-state index contributed by atoms with van der Waals surface area (Å²) in [6.07, 6.45) is 0. The molecule has 0 unspecified atom stereocenters. The number of nitrogens with zero attached hydrogens (tertiary/aromatic N) is 3. The summed E-state index contributed by atoms with van der Waals surface area (Å²) in [7, 11) is 1.81. The zero-order valence-electron chi connectivity index (χ0n) is 16.3.